The summed E-state index contributed by atoms with van der Waals surface area (Å²) in [4.78, 5) is 53.1. The van der Waals surface area contributed by atoms with Crippen molar-refractivity contribution in [1.29, 1.82) is 0 Å². The fourth-order valence-electron chi connectivity index (χ4n) is 3.93. The van der Waals surface area contributed by atoms with Crippen molar-refractivity contribution in [2.24, 2.45) is 0 Å². The third-order valence-corrected chi connectivity index (χ3v) is 6.45. The lowest BCUT2D eigenvalue weighted by Gasteiger charge is -2.32. The van der Waals surface area contributed by atoms with E-state index in [2.05, 4.69) is 5.32 Å². The lowest BCUT2D eigenvalue weighted by molar-refractivity contribution is -0.132. The van der Waals surface area contributed by atoms with Crippen molar-refractivity contribution in [3.05, 3.63) is 57.8 Å². The van der Waals surface area contributed by atoms with E-state index in [9.17, 15) is 19.2 Å². The Kier molecular flexibility index (Phi) is 5.94. The Labute approximate surface area is 178 Å². The van der Waals surface area contributed by atoms with Crippen molar-refractivity contribution in [2.45, 2.75) is 31.7 Å². The van der Waals surface area contributed by atoms with E-state index in [0.29, 0.717) is 41.9 Å². The number of hydrogen-bond donors (Lipinski definition) is 1. The maximum atomic E-state index is 12.5. The molecule has 0 unspecified atom stereocenters. The quantitative estimate of drug-likeness (QED) is 0.721. The van der Waals surface area contributed by atoms with Gasteiger partial charge in [-0.05, 0) is 42.8 Å². The van der Waals surface area contributed by atoms with Crippen LogP contribution in [0.15, 0.2) is 41.8 Å². The highest BCUT2D eigenvalue weighted by Crippen LogP contribution is 2.23. The molecule has 4 amide bonds. The number of nitrogens with zero attached hydrogens (tertiary/aromatic N) is 2. The topological polar surface area (TPSA) is 86.8 Å². The molecule has 7 nitrogen and oxygen atoms in total. The molecule has 1 fully saturated rings. The number of imide groups is 1. The van der Waals surface area contributed by atoms with Gasteiger partial charge in [-0.1, -0.05) is 18.2 Å². The minimum Gasteiger partial charge on any atom is -0.348 e. The second-order valence-corrected chi connectivity index (χ2v) is 8.46. The summed E-state index contributed by atoms with van der Waals surface area (Å²) in [5.41, 5.74) is 0.862. The molecule has 8 heteroatoms. The molecule has 0 bridgehead atoms. The Morgan fingerprint density at radius 2 is 1.67 bits per heavy atom. The van der Waals surface area contributed by atoms with E-state index in [1.54, 1.807) is 35.2 Å². The summed E-state index contributed by atoms with van der Waals surface area (Å²) in [6, 6.07) is 10.5. The standard InChI is InChI=1S/C22H23N3O4S/c26-19(8-3-11-25-21(28)16-5-1-2-6-17(16)22(25)29)24-12-9-15(10-13-24)23-20(27)18-7-4-14-30-18/h1-2,4-7,14-15H,3,8-13H2,(H,23,27). The van der Waals surface area contributed by atoms with Crippen molar-refractivity contribution in [3.63, 3.8) is 0 Å². The Bertz CT molecular complexity index is 930. The largest absolute Gasteiger partial charge is 0.348 e. The first-order valence-electron chi connectivity index (χ1n) is 10.1. The normalized spacial score (nSPS) is 16.7. The van der Waals surface area contributed by atoms with Crippen molar-refractivity contribution < 1.29 is 19.2 Å². The third-order valence-electron chi connectivity index (χ3n) is 5.58. The molecule has 1 N–H and O–H groups in total. The summed E-state index contributed by atoms with van der Waals surface area (Å²) >= 11 is 1.41. The molecule has 4 rings (SSSR count). The SMILES string of the molecule is O=C(NC1CCN(C(=O)CCCN2C(=O)c3ccccc3C2=O)CC1)c1cccs1. The molecule has 1 aromatic heterocycles. The zero-order valence-electron chi connectivity index (χ0n) is 16.5. The van der Waals surface area contributed by atoms with Gasteiger partial charge in [0.1, 0.15) is 0 Å². The second kappa shape index (κ2) is 8.79. The van der Waals surface area contributed by atoms with Crippen LogP contribution in [0.25, 0.3) is 0 Å². The van der Waals surface area contributed by atoms with E-state index in [-0.39, 0.29) is 36.2 Å². The highest BCUT2D eigenvalue weighted by molar-refractivity contribution is 7.12. The number of carbonyl (C=O) groups is 4. The van der Waals surface area contributed by atoms with Gasteiger partial charge in [0.25, 0.3) is 17.7 Å². The molecule has 2 aliphatic heterocycles. The molecule has 2 aromatic rings. The number of benzene rings is 1. The van der Waals surface area contributed by atoms with Crippen LogP contribution in [0.4, 0.5) is 0 Å². The van der Waals surface area contributed by atoms with Crippen LogP contribution in [-0.2, 0) is 4.79 Å². The number of thiophene rings is 1. The van der Waals surface area contributed by atoms with Gasteiger partial charge < -0.3 is 10.2 Å². The van der Waals surface area contributed by atoms with Gasteiger partial charge in [0, 0.05) is 32.1 Å². The fraction of sp³-hybridized carbons (Fsp3) is 0.364. The second-order valence-electron chi connectivity index (χ2n) is 7.52. The Balaban J connectivity index is 1.20. The molecule has 1 aromatic carbocycles. The summed E-state index contributed by atoms with van der Waals surface area (Å²) < 4.78 is 0. The zero-order valence-corrected chi connectivity index (χ0v) is 17.3. The number of likely N-dealkylation sites (tertiary alicyclic amines) is 1. The van der Waals surface area contributed by atoms with E-state index in [0.717, 1.165) is 12.8 Å². The molecule has 0 radical (unpaired) electrons. The lowest BCUT2D eigenvalue weighted by Crippen LogP contribution is -2.46. The summed E-state index contributed by atoms with van der Waals surface area (Å²) in [5.74, 6) is -0.610. The van der Waals surface area contributed by atoms with E-state index >= 15 is 0 Å². The van der Waals surface area contributed by atoms with Crippen molar-refractivity contribution in [1.82, 2.24) is 15.1 Å². The van der Waals surface area contributed by atoms with E-state index in [4.69, 9.17) is 0 Å². The molecule has 1 saturated heterocycles. The highest BCUT2D eigenvalue weighted by Gasteiger charge is 2.34. The lowest BCUT2D eigenvalue weighted by atomic mass is 10.0. The minimum absolute atomic E-state index is 0.0228. The molecule has 0 aliphatic carbocycles. The van der Waals surface area contributed by atoms with Crippen molar-refractivity contribution in [3.8, 4) is 0 Å². The molecule has 0 spiro atoms. The third kappa shape index (κ3) is 4.14. The number of amides is 4. The van der Waals surface area contributed by atoms with Crippen LogP contribution in [0, 0.1) is 0 Å². The molecule has 3 heterocycles. The van der Waals surface area contributed by atoms with E-state index in [1.165, 1.54) is 16.2 Å². The number of carbonyl (C=O) groups excluding carboxylic acids is 4. The summed E-state index contributed by atoms with van der Waals surface area (Å²) in [5, 5.41) is 4.90. The first-order valence-corrected chi connectivity index (χ1v) is 11.0. The number of piperidine rings is 1. The van der Waals surface area contributed by atoms with Crippen LogP contribution in [0.2, 0.25) is 0 Å². The molecule has 0 atom stereocenters. The maximum absolute atomic E-state index is 12.5. The Morgan fingerprint density at radius 1 is 1.00 bits per heavy atom. The Hall–Kier alpha value is -3.00. The monoisotopic (exact) mass is 425 g/mol. The predicted molar refractivity (Wildman–Crippen MR) is 112 cm³/mol. The highest BCUT2D eigenvalue weighted by atomic mass is 32.1. The van der Waals surface area contributed by atoms with Crippen molar-refractivity contribution in [2.75, 3.05) is 19.6 Å². The van der Waals surface area contributed by atoms with Gasteiger partial charge in [-0.25, -0.2) is 0 Å². The summed E-state index contributed by atoms with van der Waals surface area (Å²) in [7, 11) is 0. The number of nitrogens with one attached hydrogen (secondary N) is 1. The number of fused-ring (bicyclic) bond motifs is 1. The van der Waals surface area contributed by atoms with Crippen LogP contribution in [0.3, 0.4) is 0 Å². The zero-order chi connectivity index (χ0) is 21.1. The van der Waals surface area contributed by atoms with Gasteiger partial charge in [-0.3, -0.25) is 24.1 Å². The minimum atomic E-state index is -0.287. The van der Waals surface area contributed by atoms with Crippen LogP contribution in [0.5, 0.6) is 0 Å². The summed E-state index contributed by atoms with van der Waals surface area (Å²) in [6.07, 6.45) is 2.18. The molecule has 156 valence electrons. The fourth-order valence-corrected chi connectivity index (χ4v) is 4.55. The maximum Gasteiger partial charge on any atom is 0.261 e. The Morgan fingerprint density at radius 3 is 2.27 bits per heavy atom. The van der Waals surface area contributed by atoms with Gasteiger partial charge in [-0.15, -0.1) is 11.3 Å². The number of hydrogen-bond acceptors (Lipinski definition) is 5. The van der Waals surface area contributed by atoms with Gasteiger partial charge in [0.05, 0.1) is 16.0 Å². The van der Waals surface area contributed by atoms with Gasteiger partial charge in [0.15, 0.2) is 0 Å². The number of rotatable bonds is 6. The van der Waals surface area contributed by atoms with Crippen LogP contribution < -0.4 is 5.32 Å². The van der Waals surface area contributed by atoms with Crippen LogP contribution >= 0.6 is 11.3 Å². The molecular weight excluding hydrogens is 402 g/mol. The van der Waals surface area contributed by atoms with Gasteiger partial charge in [-0.2, -0.15) is 0 Å². The van der Waals surface area contributed by atoms with Crippen LogP contribution in [-0.4, -0.2) is 59.1 Å². The first kappa shape index (κ1) is 20.3. The van der Waals surface area contributed by atoms with E-state index in [1.807, 2.05) is 11.4 Å². The molecular formula is C22H23N3O4S. The predicted octanol–water partition coefficient (Wildman–Crippen LogP) is 2.55. The molecule has 30 heavy (non-hydrogen) atoms. The van der Waals surface area contributed by atoms with Gasteiger partial charge >= 0.3 is 0 Å². The first-order chi connectivity index (χ1) is 14.5. The molecule has 2 aliphatic rings. The van der Waals surface area contributed by atoms with Crippen molar-refractivity contribution >= 4 is 35.0 Å². The smallest absolute Gasteiger partial charge is 0.261 e. The van der Waals surface area contributed by atoms with Crippen LogP contribution in [0.1, 0.15) is 56.1 Å². The van der Waals surface area contributed by atoms with Gasteiger partial charge in [0.2, 0.25) is 5.91 Å². The average Bonchev–Trinajstić information content (AvgIpc) is 3.38. The average molecular weight is 426 g/mol. The summed E-state index contributed by atoms with van der Waals surface area (Å²) in [6.45, 7) is 1.44. The van der Waals surface area contributed by atoms with E-state index < -0.39 is 0 Å². The molecule has 0 saturated carbocycles.